The zero-order valence-electron chi connectivity index (χ0n) is 24.1. The standard InChI is InChI=1S/C28H34ClF3N4O6/c1-25(2,3)41-23(38)27(28(30,31)32)18-9-8-17(14-21(18)34-35-27)40-12-11-36(24(39)42-26(4,5)6)15-22(37)16-7-10-19(29)20(33)13-16/h7-10,13-14,22,37H,11-12,15,33H2,1-6H3. The fourth-order valence-electron chi connectivity index (χ4n) is 3.94. The molecule has 3 rings (SSSR count). The van der Waals surface area contributed by atoms with Crippen LogP contribution in [0.2, 0.25) is 5.02 Å². The topological polar surface area (TPSA) is 136 Å². The van der Waals surface area contributed by atoms with E-state index < -0.39 is 46.6 Å². The Morgan fingerprint density at radius 3 is 2.26 bits per heavy atom. The van der Waals surface area contributed by atoms with Crippen LogP contribution in [-0.4, -0.2) is 59.1 Å². The number of aliphatic hydroxyl groups is 1. The Hall–Kier alpha value is -3.58. The van der Waals surface area contributed by atoms with Crippen LogP contribution in [0, 0.1) is 0 Å². The van der Waals surface area contributed by atoms with Crippen molar-refractivity contribution in [3.63, 3.8) is 0 Å². The quantitative estimate of drug-likeness (QED) is 0.257. The normalized spacial score (nSPS) is 17.4. The highest BCUT2D eigenvalue weighted by molar-refractivity contribution is 6.33. The van der Waals surface area contributed by atoms with E-state index in [4.69, 9.17) is 31.5 Å². The number of benzene rings is 2. The van der Waals surface area contributed by atoms with Crippen molar-refractivity contribution >= 4 is 35.0 Å². The van der Waals surface area contributed by atoms with Crippen LogP contribution in [0.4, 0.5) is 29.3 Å². The smallest absolute Gasteiger partial charge is 0.430 e. The number of rotatable bonds is 8. The number of carbonyl (C=O) groups excluding carboxylic acids is 2. The van der Waals surface area contributed by atoms with E-state index in [0.29, 0.717) is 10.6 Å². The lowest BCUT2D eigenvalue weighted by Crippen LogP contribution is -2.49. The van der Waals surface area contributed by atoms with Gasteiger partial charge in [0.05, 0.1) is 35.6 Å². The molecule has 1 heterocycles. The summed E-state index contributed by atoms with van der Waals surface area (Å²) in [5, 5.41) is 18.0. The lowest BCUT2D eigenvalue weighted by atomic mass is 9.89. The van der Waals surface area contributed by atoms with Gasteiger partial charge in [-0.1, -0.05) is 17.7 Å². The minimum atomic E-state index is -5.12. The van der Waals surface area contributed by atoms with Gasteiger partial charge in [-0.05, 0) is 71.4 Å². The van der Waals surface area contributed by atoms with Gasteiger partial charge in [0.1, 0.15) is 23.6 Å². The van der Waals surface area contributed by atoms with Gasteiger partial charge < -0.3 is 30.0 Å². The van der Waals surface area contributed by atoms with Crippen LogP contribution in [0.5, 0.6) is 5.75 Å². The van der Waals surface area contributed by atoms with E-state index in [1.807, 2.05) is 0 Å². The number of azo groups is 1. The number of alkyl halides is 3. The summed E-state index contributed by atoms with van der Waals surface area (Å²) in [7, 11) is 0. The summed E-state index contributed by atoms with van der Waals surface area (Å²) in [6.07, 6.45) is -6.97. The summed E-state index contributed by atoms with van der Waals surface area (Å²) in [6, 6.07) is 8.10. The summed E-state index contributed by atoms with van der Waals surface area (Å²) < 4.78 is 58.8. The maximum Gasteiger partial charge on any atom is 0.430 e. The van der Waals surface area contributed by atoms with Gasteiger partial charge in [0, 0.05) is 11.6 Å². The molecule has 2 aromatic carbocycles. The summed E-state index contributed by atoms with van der Waals surface area (Å²) in [5.74, 6) is -1.47. The summed E-state index contributed by atoms with van der Waals surface area (Å²) in [6.45, 7) is 9.05. The molecule has 2 unspecified atom stereocenters. The average molecular weight is 615 g/mol. The molecule has 230 valence electrons. The van der Waals surface area contributed by atoms with Crippen LogP contribution in [0.1, 0.15) is 58.8 Å². The number of esters is 1. The number of halogens is 4. The van der Waals surface area contributed by atoms with Crippen molar-refractivity contribution in [1.82, 2.24) is 4.90 Å². The summed E-state index contributed by atoms with van der Waals surface area (Å²) in [4.78, 5) is 26.8. The number of amides is 1. The SMILES string of the molecule is CC(C)(C)OC(=O)N(CCOc1ccc2c(c1)N=NC2(C(=O)OC(C)(C)C)C(F)(F)F)CC(O)c1ccc(Cl)c(N)c1. The van der Waals surface area contributed by atoms with E-state index in [9.17, 15) is 27.9 Å². The molecule has 0 spiro atoms. The number of aliphatic hydroxyl groups excluding tert-OH is 1. The second-order valence-corrected chi connectivity index (χ2v) is 12.1. The molecule has 3 N–H and O–H groups in total. The van der Waals surface area contributed by atoms with Gasteiger partial charge in [-0.2, -0.15) is 23.4 Å². The molecular weight excluding hydrogens is 581 g/mol. The van der Waals surface area contributed by atoms with Gasteiger partial charge in [-0.25, -0.2) is 9.59 Å². The van der Waals surface area contributed by atoms with Crippen molar-refractivity contribution in [1.29, 1.82) is 0 Å². The number of nitrogens with zero attached hydrogens (tertiary/aromatic N) is 3. The van der Waals surface area contributed by atoms with Crippen molar-refractivity contribution in [3.8, 4) is 5.75 Å². The van der Waals surface area contributed by atoms with E-state index in [2.05, 4.69) is 10.2 Å². The van der Waals surface area contributed by atoms with Crippen molar-refractivity contribution < 1.29 is 42.1 Å². The number of nitrogen functional groups attached to an aromatic ring is 1. The first-order chi connectivity index (χ1) is 19.2. The first-order valence-electron chi connectivity index (χ1n) is 12.9. The molecule has 14 heteroatoms. The number of ether oxygens (including phenoxy) is 3. The number of hydrogen-bond acceptors (Lipinski definition) is 9. The number of carbonyl (C=O) groups is 2. The lowest BCUT2D eigenvalue weighted by Gasteiger charge is -2.30. The molecule has 0 saturated carbocycles. The Kier molecular flexibility index (Phi) is 9.38. The molecule has 1 aliphatic rings. The number of fused-ring (bicyclic) bond motifs is 1. The molecule has 1 amide bonds. The highest BCUT2D eigenvalue weighted by atomic mass is 35.5. The predicted octanol–water partition coefficient (Wildman–Crippen LogP) is 6.47. The van der Waals surface area contributed by atoms with Gasteiger partial charge in [0.25, 0.3) is 5.54 Å². The van der Waals surface area contributed by atoms with E-state index in [1.165, 1.54) is 49.9 Å². The molecule has 0 aliphatic carbocycles. The van der Waals surface area contributed by atoms with Crippen LogP contribution in [0.15, 0.2) is 46.6 Å². The second kappa shape index (κ2) is 12.0. The Labute approximate surface area is 246 Å². The zero-order chi connectivity index (χ0) is 31.7. The number of hydrogen-bond donors (Lipinski definition) is 2. The summed E-state index contributed by atoms with van der Waals surface area (Å²) in [5.41, 5.74) is 0.496. The van der Waals surface area contributed by atoms with Gasteiger partial charge in [0.15, 0.2) is 0 Å². The van der Waals surface area contributed by atoms with Crippen LogP contribution in [0.25, 0.3) is 0 Å². The van der Waals surface area contributed by atoms with E-state index >= 15 is 0 Å². The third kappa shape index (κ3) is 7.62. The third-order valence-corrected chi connectivity index (χ3v) is 6.20. The molecule has 42 heavy (non-hydrogen) atoms. The summed E-state index contributed by atoms with van der Waals surface area (Å²) >= 11 is 5.96. The van der Waals surface area contributed by atoms with E-state index in [0.717, 1.165) is 6.07 Å². The molecule has 0 fully saturated rings. The van der Waals surface area contributed by atoms with Gasteiger partial charge >= 0.3 is 18.2 Å². The minimum Gasteiger partial charge on any atom is -0.492 e. The van der Waals surface area contributed by atoms with E-state index in [-0.39, 0.29) is 36.8 Å². The average Bonchev–Trinajstić information content (AvgIpc) is 3.23. The molecule has 2 aromatic rings. The van der Waals surface area contributed by atoms with Crippen LogP contribution < -0.4 is 10.5 Å². The predicted molar refractivity (Wildman–Crippen MR) is 149 cm³/mol. The van der Waals surface area contributed by atoms with Crippen molar-refractivity contribution in [3.05, 3.63) is 52.5 Å². The molecule has 0 aromatic heterocycles. The highest BCUT2D eigenvalue weighted by Gasteiger charge is 2.67. The van der Waals surface area contributed by atoms with Crippen molar-refractivity contribution in [2.45, 2.75) is 70.6 Å². The van der Waals surface area contributed by atoms with Gasteiger partial charge in [-0.3, -0.25) is 0 Å². The maximum atomic E-state index is 14.2. The first-order valence-corrected chi connectivity index (χ1v) is 13.3. The Morgan fingerprint density at radius 2 is 1.69 bits per heavy atom. The minimum absolute atomic E-state index is 0.0575. The molecule has 10 nitrogen and oxygen atoms in total. The van der Waals surface area contributed by atoms with Crippen LogP contribution in [-0.2, 0) is 19.8 Å². The second-order valence-electron chi connectivity index (χ2n) is 11.7. The maximum absolute atomic E-state index is 14.2. The van der Waals surface area contributed by atoms with Gasteiger partial charge in [0.2, 0.25) is 0 Å². The molecule has 1 aliphatic heterocycles. The number of nitrogens with two attached hydrogens (primary N) is 1. The highest BCUT2D eigenvalue weighted by Crippen LogP contribution is 2.52. The van der Waals surface area contributed by atoms with Crippen molar-refractivity contribution in [2.24, 2.45) is 10.2 Å². The lowest BCUT2D eigenvalue weighted by molar-refractivity contribution is -0.214. The Morgan fingerprint density at radius 1 is 1.05 bits per heavy atom. The Bertz CT molecular complexity index is 1360. The third-order valence-electron chi connectivity index (χ3n) is 5.85. The van der Waals surface area contributed by atoms with Crippen molar-refractivity contribution in [2.75, 3.05) is 25.4 Å². The molecule has 2 atom stereocenters. The monoisotopic (exact) mass is 614 g/mol. The molecular formula is C28H34ClF3N4O6. The Balaban J connectivity index is 1.77. The molecule has 0 radical (unpaired) electrons. The van der Waals surface area contributed by atoms with Gasteiger partial charge in [-0.15, -0.1) is 0 Å². The fraction of sp³-hybridized carbons (Fsp3) is 0.500. The van der Waals surface area contributed by atoms with Crippen LogP contribution >= 0.6 is 11.6 Å². The number of anilines is 1. The molecule has 0 saturated heterocycles. The fourth-order valence-corrected chi connectivity index (χ4v) is 4.06. The largest absolute Gasteiger partial charge is 0.492 e. The zero-order valence-corrected chi connectivity index (χ0v) is 24.8. The van der Waals surface area contributed by atoms with Crippen LogP contribution in [0.3, 0.4) is 0 Å². The molecule has 0 bridgehead atoms. The van der Waals surface area contributed by atoms with E-state index in [1.54, 1.807) is 26.8 Å². The first kappa shape index (κ1) is 32.9.